The molecule has 5 N–H and O–H groups in total. The number of ether oxygens (including phenoxy) is 7. The van der Waals surface area contributed by atoms with Crippen LogP contribution in [0.3, 0.4) is 0 Å². The molecule has 0 unspecified atom stereocenters. The number of pyridine rings is 4. The van der Waals surface area contributed by atoms with Crippen molar-refractivity contribution in [2.75, 3.05) is 158 Å². The third-order valence-corrected chi connectivity index (χ3v) is 20.8. The van der Waals surface area contributed by atoms with Gasteiger partial charge in [0.15, 0.2) is 52.2 Å². The van der Waals surface area contributed by atoms with E-state index in [4.69, 9.17) is 61.3 Å². The topological polar surface area (TPSA) is 353 Å². The molecule has 0 spiro atoms. The number of fused-ring (bicyclic) bond motifs is 3. The Kier molecular flexibility index (Phi) is 33.8. The summed E-state index contributed by atoms with van der Waals surface area (Å²) >= 11 is 5.71. The lowest BCUT2D eigenvalue weighted by Crippen LogP contribution is -2.40. The van der Waals surface area contributed by atoms with E-state index in [2.05, 4.69) is 49.8 Å². The molecular formula is C88H98Cl2F6N18O12. The van der Waals surface area contributed by atoms with E-state index in [0.717, 1.165) is 31.8 Å². The Morgan fingerprint density at radius 2 is 0.698 bits per heavy atom. The number of halogens is 8. The van der Waals surface area contributed by atoms with Gasteiger partial charge >= 0.3 is 5.97 Å². The zero-order valence-corrected chi connectivity index (χ0v) is 71.9. The Morgan fingerprint density at radius 3 is 0.992 bits per heavy atom. The Bertz CT molecular complexity index is 5150. The van der Waals surface area contributed by atoms with Gasteiger partial charge < -0.3 is 79.1 Å². The van der Waals surface area contributed by atoms with Crippen molar-refractivity contribution in [3.8, 4) is 51.0 Å². The minimum absolute atomic E-state index is 0. The van der Waals surface area contributed by atoms with Crippen molar-refractivity contribution >= 4 is 76.4 Å². The normalized spacial score (nSPS) is 15.2. The lowest BCUT2D eigenvalue weighted by molar-refractivity contribution is 0.0301. The van der Waals surface area contributed by atoms with E-state index in [1.807, 2.05) is 56.2 Å². The maximum Gasteiger partial charge on any atom is 0.337 e. The molecule has 10 aromatic rings. The lowest BCUT2D eigenvalue weighted by Gasteiger charge is -2.34. The predicted molar refractivity (Wildman–Crippen MR) is 462 cm³/mol. The maximum absolute atomic E-state index is 14.9. The number of nitrogens with zero attached hydrogens (tertiary/aromatic N) is 16. The first-order valence-corrected chi connectivity index (χ1v) is 41.3. The fraction of sp³-hybridized carbons (Fsp3) is 0.386. The molecule has 3 aromatic carbocycles. The van der Waals surface area contributed by atoms with Crippen molar-refractivity contribution in [2.24, 2.45) is 0 Å². The van der Waals surface area contributed by atoms with Gasteiger partial charge in [0.2, 0.25) is 5.28 Å². The van der Waals surface area contributed by atoms with Crippen LogP contribution in [0.4, 0.5) is 55.0 Å². The van der Waals surface area contributed by atoms with Crippen LogP contribution in [0.2, 0.25) is 5.28 Å². The third kappa shape index (κ3) is 24.9. The first-order chi connectivity index (χ1) is 60.2. The van der Waals surface area contributed by atoms with Gasteiger partial charge in [-0.1, -0.05) is 0 Å². The van der Waals surface area contributed by atoms with E-state index in [0.29, 0.717) is 203 Å². The van der Waals surface area contributed by atoms with Crippen molar-refractivity contribution in [3.63, 3.8) is 0 Å². The molecule has 7 aliphatic rings. The number of benzene rings is 3. The summed E-state index contributed by atoms with van der Waals surface area (Å²) in [4.78, 5) is 99.3. The number of nitrogen functional groups attached to an aromatic ring is 2. The number of hydrogen-bond donors (Lipinski definition) is 3. The second-order valence-electron chi connectivity index (χ2n) is 30.2. The summed E-state index contributed by atoms with van der Waals surface area (Å²) in [5.74, 6) is -2.86. The zero-order valence-electron chi connectivity index (χ0n) is 70.3. The molecule has 0 radical (unpaired) electrons. The molecule has 30 nitrogen and oxygen atoms in total. The molecular weight excluding hydrogens is 1690 g/mol. The number of aromatic nitrogens is 10. The number of nitrogens with two attached hydrogens (primary N) is 2. The number of amides is 3. The summed E-state index contributed by atoms with van der Waals surface area (Å²) in [7, 11) is 0. The molecule has 3 amide bonds. The molecule has 668 valence electrons. The number of carboxylic acids is 1. The Balaban J connectivity index is 0.000000159. The minimum atomic E-state index is -0.993. The summed E-state index contributed by atoms with van der Waals surface area (Å²) in [5, 5.41) is 8.30. The highest BCUT2D eigenvalue weighted by molar-refractivity contribution is 6.28. The van der Waals surface area contributed by atoms with Gasteiger partial charge in [0.1, 0.15) is 60.2 Å². The summed E-state index contributed by atoms with van der Waals surface area (Å²) in [6.07, 6.45) is 13.3. The van der Waals surface area contributed by atoms with E-state index >= 15 is 0 Å². The van der Waals surface area contributed by atoms with Crippen molar-refractivity contribution in [1.82, 2.24) is 64.5 Å². The number of aromatic carboxylic acids is 1. The van der Waals surface area contributed by atoms with Crippen LogP contribution in [-0.2, 0) is 31.8 Å². The Hall–Kier alpha value is -12.2. The number of rotatable bonds is 14. The smallest absolute Gasteiger partial charge is 0.337 e. The maximum atomic E-state index is 14.9. The molecule has 126 heavy (non-hydrogen) atoms. The van der Waals surface area contributed by atoms with Gasteiger partial charge in [-0.2, -0.15) is 0 Å². The number of carboxylic acid groups (broad SMARTS) is 1. The van der Waals surface area contributed by atoms with E-state index in [-0.39, 0.29) is 106 Å². The standard InChI is InChI=1S/2C26H27F2N5O3.C15H14ClF2N3O.C10H13N3O2.C6H6N2O2.C5H10O.ClH/c2*1-16(2)33-7-10-36-25-20(27)11-18(12-22(25)33)24-21(28)15-30-23(31-24)13-19-4-3-17(14-29-19)26(34)32-5-8-35-9-6-32;1-8(2)21-3-4-22-14-10(17)5-9(6-12(14)21)13-11(18)7-19-15(16)20-13;11-9-2-1-8(7-12-9)10(14)13-3-5-15-6-4-13;7-5-2-1-4(3-8-5)6(9)10;1-2-4-6-5-3-1;/h2*3-4,11-12,14-16H,5-10,13H2,1-2H3;5-8H,3-4H2,1-2H3;1-2,7H,3-6H2,(H2,11,12);1-3H,(H2,7,8)(H,9,10);1-5H2;1H. The van der Waals surface area contributed by atoms with Crippen LogP contribution in [0.15, 0.2) is 128 Å². The molecule has 17 rings (SSSR count). The van der Waals surface area contributed by atoms with Crippen LogP contribution in [0.5, 0.6) is 17.2 Å². The summed E-state index contributed by atoms with van der Waals surface area (Å²) in [5.41, 5.74) is 16.3. The summed E-state index contributed by atoms with van der Waals surface area (Å²) < 4.78 is 125. The third-order valence-electron chi connectivity index (χ3n) is 20.6. The summed E-state index contributed by atoms with van der Waals surface area (Å²) in [6.45, 7) is 23.9. The van der Waals surface area contributed by atoms with Crippen LogP contribution in [0, 0.1) is 34.9 Å². The van der Waals surface area contributed by atoms with Gasteiger partial charge in [0, 0.05) is 123 Å². The molecule has 7 aromatic heterocycles. The average molecular weight is 1780 g/mol. The first-order valence-electron chi connectivity index (χ1n) is 40.9. The quantitative estimate of drug-likeness (QED) is 0.0672. The first kappa shape index (κ1) is 94.5. The van der Waals surface area contributed by atoms with E-state index in [1.165, 1.54) is 74.4 Å². The van der Waals surface area contributed by atoms with Crippen LogP contribution in [0.25, 0.3) is 33.8 Å². The largest absolute Gasteiger partial charge is 0.486 e. The Labute approximate surface area is 735 Å². The molecule has 0 saturated carbocycles. The summed E-state index contributed by atoms with van der Waals surface area (Å²) in [6, 6.07) is 22.2. The highest BCUT2D eigenvalue weighted by Crippen LogP contribution is 2.43. The average Bonchev–Trinajstić information content (AvgIpc) is 0.782. The number of carbonyl (C=O) groups excluding carboxylic acids is 3. The molecule has 4 saturated heterocycles. The fourth-order valence-corrected chi connectivity index (χ4v) is 14.2. The molecule has 0 aliphatic carbocycles. The lowest BCUT2D eigenvalue weighted by atomic mass is 10.1. The molecule has 4 fully saturated rings. The van der Waals surface area contributed by atoms with Crippen molar-refractivity contribution < 1.29 is 83.8 Å². The van der Waals surface area contributed by atoms with Gasteiger partial charge in [-0.3, -0.25) is 24.4 Å². The van der Waals surface area contributed by atoms with Crippen molar-refractivity contribution in [3.05, 3.63) is 214 Å². The zero-order chi connectivity index (χ0) is 88.8. The molecule has 38 heteroatoms. The minimum Gasteiger partial charge on any atom is -0.486 e. The number of anilines is 5. The fourth-order valence-electron chi connectivity index (χ4n) is 14.1. The van der Waals surface area contributed by atoms with Gasteiger partial charge in [0.05, 0.1) is 130 Å². The van der Waals surface area contributed by atoms with Crippen molar-refractivity contribution in [2.45, 2.75) is 91.8 Å². The predicted octanol–water partition coefficient (Wildman–Crippen LogP) is 12.8. The van der Waals surface area contributed by atoms with Gasteiger partial charge in [0.25, 0.3) is 17.7 Å². The van der Waals surface area contributed by atoms with Gasteiger partial charge in [-0.05, 0) is 157 Å². The number of morpholine rings is 3. The second-order valence-corrected chi connectivity index (χ2v) is 30.5. The van der Waals surface area contributed by atoms with Crippen LogP contribution in [-0.4, -0.2) is 243 Å². The molecule has 7 aliphatic heterocycles. The molecule has 14 heterocycles. The van der Waals surface area contributed by atoms with Crippen molar-refractivity contribution in [1.29, 1.82) is 0 Å². The van der Waals surface area contributed by atoms with Crippen LogP contribution < -0.4 is 40.4 Å². The second kappa shape index (κ2) is 45.1. The van der Waals surface area contributed by atoms with Gasteiger partial charge in [-0.25, -0.2) is 71.0 Å². The number of hydrogen-bond acceptors (Lipinski definition) is 26. The SMILES string of the molecule is C1CCOCC1.CC(C)N1CCOc2c(F)cc(-c3nc(Cc4ccc(C(=O)N5CCOCC5)cn4)ncc3F)cc21.CC(C)N1CCOc2c(F)cc(-c3nc(Cc4ccc(C(=O)N5CCOCC5)cn4)ncc3F)cc21.CC(C)N1CCOc2c(F)cc(-c3nc(Cl)ncc3F)cc21.Cl.Nc1ccc(C(=O)N2CCOCC2)cn1.Nc1ccc(C(=O)O)cn1. The highest BCUT2D eigenvalue weighted by Gasteiger charge is 2.31. The van der Waals surface area contributed by atoms with E-state index in [9.17, 15) is 45.5 Å². The van der Waals surface area contributed by atoms with Crippen LogP contribution >= 0.6 is 24.0 Å². The molecule has 0 atom stereocenters. The molecule has 0 bridgehead atoms. The Morgan fingerprint density at radius 1 is 0.381 bits per heavy atom. The van der Waals surface area contributed by atoms with E-state index < -0.39 is 40.9 Å². The van der Waals surface area contributed by atoms with Gasteiger partial charge in [-0.15, -0.1) is 12.4 Å². The highest BCUT2D eigenvalue weighted by atomic mass is 35.5. The van der Waals surface area contributed by atoms with Crippen LogP contribution in [0.1, 0.15) is 125 Å². The van der Waals surface area contributed by atoms with E-state index in [1.54, 1.807) is 69.3 Å². The number of carbonyl (C=O) groups is 4. The monoisotopic (exact) mass is 1780 g/mol.